The summed E-state index contributed by atoms with van der Waals surface area (Å²) in [4.78, 5) is 8.81. The quantitative estimate of drug-likeness (QED) is 0.516. The number of nitrogens with zero attached hydrogens (tertiary/aromatic N) is 3. The van der Waals surface area contributed by atoms with E-state index in [9.17, 15) is 28.6 Å². The van der Waals surface area contributed by atoms with Gasteiger partial charge in [-0.05, 0) is 43.7 Å². The molecule has 5 aliphatic rings. The summed E-state index contributed by atoms with van der Waals surface area (Å²) in [6, 6.07) is 2.87. The molecule has 0 unspecified atom stereocenters. The molecule has 1 saturated carbocycles. The number of ether oxygens (including phenoxy) is 3. The predicted molar refractivity (Wildman–Crippen MR) is 136 cm³/mol. The van der Waals surface area contributed by atoms with Crippen LogP contribution >= 0.6 is 0 Å². The first-order chi connectivity index (χ1) is 19.7. The van der Waals surface area contributed by atoms with Gasteiger partial charge in [-0.15, -0.1) is 0 Å². The van der Waals surface area contributed by atoms with E-state index in [4.69, 9.17) is 19.2 Å². The Kier molecular flexibility index (Phi) is 6.45. The molecule has 0 amide bonds. The molecular formula is C30H32F3N3O5. The molecule has 2 aliphatic carbocycles. The average molecular weight is 572 g/mol. The number of alkyl halides is 3. The molecule has 0 aromatic carbocycles. The van der Waals surface area contributed by atoms with Crippen molar-refractivity contribution in [1.29, 1.82) is 5.26 Å². The minimum atomic E-state index is -4.77. The number of aliphatic hydroxyl groups is 2. The molecule has 0 bridgehead atoms. The van der Waals surface area contributed by atoms with Gasteiger partial charge in [-0.3, -0.25) is 9.97 Å². The van der Waals surface area contributed by atoms with Gasteiger partial charge in [0.15, 0.2) is 5.69 Å². The maximum Gasteiger partial charge on any atom is 0.434 e. The topological polar surface area (TPSA) is 118 Å². The van der Waals surface area contributed by atoms with Gasteiger partial charge in [0.05, 0.1) is 28.7 Å². The Balaban J connectivity index is 1.48. The molecule has 8 nitrogen and oxygen atoms in total. The summed E-state index contributed by atoms with van der Waals surface area (Å²) in [6.07, 6.45) is -0.762. The third-order valence-electron chi connectivity index (χ3n) is 10.0. The Bertz CT molecular complexity index is 1410. The van der Waals surface area contributed by atoms with Gasteiger partial charge in [0.2, 0.25) is 0 Å². The van der Waals surface area contributed by atoms with E-state index in [1.807, 2.05) is 0 Å². The van der Waals surface area contributed by atoms with Crippen LogP contribution in [-0.4, -0.2) is 46.6 Å². The van der Waals surface area contributed by atoms with Gasteiger partial charge in [-0.1, -0.05) is 6.42 Å². The van der Waals surface area contributed by atoms with Crippen molar-refractivity contribution in [3.63, 3.8) is 0 Å². The van der Waals surface area contributed by atoms with Gasteiger partial charge in [-0.25, -0.2) is 0 Å². The molecule has 2 N–H and O–H groups in total. The first-order valence-corrected chi connectivity index (χ1v) is 14.4. The number of pyridine rings is 2. The van der Waals surface area contributed by atoms with E-state index in [0.29, 0.717) is 75.4 Å². The van der Waals surface area contributed by atoms with E-state index < -0.39 is 46.8 Å². The van der Waals surface area contributed by atoms with Crippen molar-refractivity contribution < 1.29 is 37.6 Å². The molecule has 2 saturated heterocycles. The number of halogens is 3. The third kappa shape index (κ3) is 4.13. The van der Waals surface area contributed by atoms with Crippen molar-refractivity contribution in [2.24, 2.45) is 5.41 Å². The van der Waals surface area contributed by atoms with Crippen molar-refractivity contribution in [2.45, 2.75) is 87.4 Å². The first-order valence-electron chi connectivity index (χ1n) is 14.4. The van der Waals surface area contributed by atoms with Crippen LogP contribution in [0.2, 0.25) is 0 Å². The molecular weight excluding hydrogens is 539 g/mol. The summed E-state index contributed by atoms with van der Waals surface area (Å²) in [5.41, 5.74) is 0.566. The molecule has 41 heavy (non-hydrogen) atoms. The smallest absolute Gasteiger partial charge is 0.388 e. The van der Waals surface area contributed by atoms with Crippen LogP contribution in [-0.2, 0) is 26.0 Å². The molecule has 3 atom stereocenters. The number of nitriles is 1. The maximum atomic E-state index is 13.6. The fourth-order valence-electron chi connectivity index (χ4n) is 7.82. The van der Waals surface area contributed by atoms with Crippen molar-refractivity contribution >= 4 is 0 Å². The maximum absolute atomic E-state index is 13.6. The van der Waals surface area contributed by atoms with Crippen LogP contribution in [0.15, 0.2) is 12.3 Å². The van der Waals surface area contributed by atoms with Gasteiger partial charge in [0.25, 0.3) is 0 Å². The minimum absolute atomic E-state index is 0.0228. The van der Waals surface area contributed by atoms with Crippen LogP contribution in [0, 0.1) is 16.7 Å². The lowest BCUT2D eigenvalue weighted by Crippen LogP contribution is -2.43. The van der Waals surface area contributed by atoms with Crippen molar-refractivity contribution in [3.8, 4) is 6.07 Å². The normalized spacial score (nSPS) is 28.6. The minimum Gasteiger partial charge on any atom is -0.388 e. The van der Waals surface area contributed by atoms with Crippen LogP contribution in [0.3, 0.4) is 0 Å². The zero-order chi connectivity index (χ0) is 28.6. The molecule has 2 spiro atoms. The van der Waals surface area contributed by atoms with Gasteiger partial charge >= 0.3 is 6.18 Å². The lowest BCUT2D eigenvalue weighted by atomic mass is 9.57. The Morgan fingerprint density at radius 1 is 0.976 bits per heavy atom. The Morgan fingerprint density at radius 3 is 2.32 bits per heavy atom. The number of hydrogen-bond donors (Lipinski definition) is 2. The monoisotopic (exact) mass is 571 g/mol. The first kappa shape index (κ1) is 27.2. The van der Waals surface area contributed by atoms with E-state index in [0.717, 1.165) is 42.3 Å². The van der Waals surface area contributed by atoms with Crippen LogP contribution in [0.4, 0.5) is 13.2 Å². The second kappa shape index (κ2) is 9.71. The highest BCUT2D eigenvalue weighted by atomic mass is 19.4. The highest BCUT2D eigenvalue weighted by Crippen LogP contribution is 2.63. The number of aromatic nitrogens is 2. The fourth-order valence-corrected chi connectivity index (χ4v) is 7.82. The van der Waals surface area contributed by atoms with Crippen molar-refractivity contribution in [1.82, 2.24) is 9.97 Å². The molecule has 5 heterocycles. The van der Waals surface area contributed by atoms with E-state index in [1.54, 1.807) is 6.07 Å². The summed E-state index contributed by atoms with van der Waals surface area (Å²) >= 11 is 0. The highest BCUT2D eigenvalue weighted by molar-refractivity contribution is 5.55. The zero-order valence-corrected chi connectivity index (χ0v) is 22.5. The molecule has 3 aliphatic heterocycles. The SMILES string of the molecule is N#Cc1cc([C@H]2OC3(CCOCC3)c3c2c(C2CCOCC2)nc2c3[C@@H](O)CC3(CCC3)[C@H]2O)cnc1C(F)(F)F. The van der Waals surface area contributed by atoms with Crippen LogP contribution in [0.5, 0.6) is 0 Å². The summed E-state index contributed by atoms with van der Waals surface area (Å²) in [6.45, 7) is 1.90. The molecule has 11 heteroatoms. The molecule has 7 rings (SSSR count). The average Bonchev–Trinajstić information content (AvgIpc) is 3.27. The lowest BCUT2D eigenvalue weighted by molar-refractivity contribution is -0.141. The summed E-state index contributed by atoms with van der Waals surface area (Å²) < 4.78 is 59.0. The largest absolute Gasteiger partial charge is 0.434 e. The molecule has 0 radical (unpaired) electrons. The van der Waals surface area contributed by atoms with E-state index in [2.05, 4.69) is 4.98 Å². The summed E-state index contributed by atoms with van der Waals surface area (Å²) in [5, 5.41) is 33.0. The molecule has 2 aromatic rings. The number of fused-ring (bicyclic) bond motifs is 4. The van der Waals surface area contributed by atoms with Gasteiger partial charge in [-0.2, -0.15) is 18.4 Å². The third-order valence-corrected chi connectivity index (χ3v) is 10.0. The summed E-state index contributed by atoms with van der Waals surface area (Å²) in [7, 11) is 0. The van der Waals surface area contributed by atoms with E-state index in [1.165, 1.54) is 6.07 Å². The molecule has 3 fully saturated rings. The second-order valence-corrected chi connectivity index (χ2v) is 12.2. The fraction of sp³-hybridized carbons (Fsp3) is 0.633. The number of aliphatic hydroxyl groups excluding tert-OH is 2. The van der Waals surface area contributed by atoms with Crippen LogP contribution < -0.4 is 0 Å². The summed E-state index contributed by atoms with van der Waals surface area (Å²) in [5.74, 6) is -0.0228. The van der Waals surface area contributed by atoms with E-state index >= 15 is 0 Å². The van der Waals surface area contributed by atoms with Gasteiger partial charge < -0.3 is 24.4 Å². The van der Waals surface area contributed by atoms with Crippen LogP contribution in [0.25, 0.3) is 0 Å². The van der Waals surface area contributed by atoms with E-state index in [-0.39, 0.29) is 5.92 Å². The zero-order valence-electron chi connectivity index (χ0n) is 22.5. The lowest BCUT2D eigenvalue weighted by Gasteiger charge is -2.51. The molecule has 218 valence electrons. The Hall–Kier alpha value is -2.62. The van der Waals surface area contributed by atoms with Crippen molar-refractivity contribution in [3.05, 3.63) is 57.2 Å². The number of rotatable bonds is 2. The van der Waals surface area contributed by atoms with Gasteiger partial charge in [0.1, 0.15) is 18.3 Å². The predicted octanol–water partition coefficient (Wildman–Crippen LogP) is 5.03. The highest BCUT2D eigenvalue weighted by Gasteiger charge is 2.57. The second-order valence-electron chi connectivity index (χ2n) is 12.2. The number of hydrogen-bond acceptors (Lipinski definition) is 8. The Labute approximate surface area is 235 Å². The Morgan fingerprint density at radius 2 is 1.68 bits per heavy atom. The standard InChI is InChI=1S/C30H32F3N3O5/c31-30(32,33)26-17(14-34)12-18(15-35-26)25-21-22(29(41-25)6-10-40-11-7-29)20-19(37)13-28(4-1-5-28)27(38)24(20)36-23(21)16-2-8-39-9-3-16/h12,15-16,19,25,27,37-38H,1-11,13H2/t19-,25+,27-/m0/s1. The van der Waals surface area contributed by atoms with Crippen molar-refractivity contribution in [2.75, 3.05) is 26.4 Å². The van der Waals surface area contributed by atoms with Crippen LogP contribution in [0.1, 0.15) is 120 Å². The van der Waals surface area contributed by atoms with Gasteiger partial charge in [0, 0.05) is 73.5 Å². The molecule has 2 aromatic heterocycles.